The van der Waals surface area contributed by atoms with Crippen LogP contribution in [0, 0.1) is 0 Å². The second kappa shape index (κ2) is 5.99. The van der Waals surface area contributed by atoms with Crippen LogP contribution in [0.1, 0.15) is 12.8 Å². The fourth-order valence-corrected chi connectivity index (χ4v) is 2.37. The number of ether oxygens (including phenoxy) is 4. The van der Waals surface area contributed by atoms with Crippen molar-refractivity contribution >= 4 is 0 Å². The zero-order chi connectivity index (χ0) is 14.8. The molecule has 0 bridgehead atoms. The Labute approximate surface area is 129 Å². The Kier molecular flexibility index (Phi) is 3.70. The van der Waals surface area contributed by atoms with Gasteiger partial charge < -0.3 is 18.9 Å². The Bertz CT molecular complexity index is 555. The third-order valence-corrected chi connectivity index (χ3v) is 3.89. The predicted molar refractivity (Wildman–Crippen MR) is 81.8 cm³/mol. The molecule has 2 atom stereocenters. The van der Waals surface area contributed by atoms with Crippen molar-refractivity contribution in [2.45, 2.75) is 25.4 Å². The van der Waals surface area contributed by atoms with Gasteiger partial charge in [0.1, 0.15) is 11.5 Å². The van der Waals surface area contributed by atoms with E-state index in [-0.39, 0.29) is 12.6 Å². The minimum absolute atomic E-state index is 0.0731. The van der Waals surface area contributed by atoms with Gasteiger partial charge in [-0.05, 0) is 35.4 Å². The average molecular weight is 298 g/mol. The molecule has 4 heteroatoms. The number of rotatable bonds is 5. The maximum absolute atomic E-state index is 5.67. The number of benzene rings is 2. The molecule has 0 saturated carbocycles. The maximum atomic E-state index is 5.67. The van der Waals surface area contributed by atoms with Gasteiger partial charge in [0, 0.05) is 12.8 Å². The molecule has 2 saturated heterocycles. The largest absolute Gasteiger partial charge is 0.465 e. The first-order chi connectivity index (χ1) is 10.9. The first-order valence-electron chi connectivity index (χ1n) is 7.64. The second-order valence-electron chi connectivity index (χ2n) is 5.46. The SMILES string of the molecule is c1cc(-c2ccc(OC3CCO3)cc2)ccc1OC1CCO1. The lowest BCUT2D eigenvalue weighted by atomic mass is 10.1. The van der Waals surface area contributed by atoms with Gasteiger partial charge >= 0.3 is 0 Å². The summed E-state index contributed by atoms with van der Waals surface area (Å²) in [6.07, 6.45) is 1.79. The maximum Gasteiger partial charge on any atom is 0.202 e. The highest BCUT2D eigenvalue weighted by molar-refractivity contribution is 5.64. The van der Waals surface area contributed by atoms with E-state index in [9.17, 15) is 0 Å². The fourth-order valence-electron chi connectivity index (χ4n) is 2.37. The molecule has 4 rings (SSSR count). The first-order valence-corrected chi connectivity index (χ1v) is 7.64. The van der Waals surface area contributed by atoms with Crippen LogP contribution >= 0.6 is 0 Å². The summed E-state index contributed by atoms with van der Waals surface area (Å²) in [5.41, 5.74) is 2.29. The van der Waals surface area contributed by atoms with Gasteiger partial charge in [0.15, 0.2) is 0 Å². The molecule has 22 heavy (non-hydrogen) atoms. The first kappa shape index (κ1) is 13.6. The van der Waals surface area contributed by atoms with E-state index < -0.39 is 0 Å². The molecule has 2 aromatic carbocycles. The van der Waals surface area contributed by atoms with E-state index in [2.05, 4.69) is 24.3 Å². The minimum atomic E-state index is -0.0731. The van der Waals surface area contributed by atoms with Crippen LogP contribution in [0.3, 0.4) is 0 Å². The molecule has 2 aliphatic rings. The second-order valence-corrected chi connectivity index (χ2v) is 5.46. The molecule has 114 valence electrons. The Balaban J connectivity index is 1.41. The zero-order valence-corrected chi connectivity index (χ0v) is 12.2. The summed E-state index contributed by atoms with van der Waals surface area (Å²) in [5, 5.41) is 0. The molecule has 0 radical (unpaired) electrons. The van der Waals surface area contributed by atoms with E-state index in [1.807, 2.05) is 24.3 Å². The molecule has 0 amide bonds. The molecule has 0 N–H and O–H groups in total. The fraction of sp³-hybridized carbons (Fsp3) is 0.333. The van der Waals surface area contributed by atoms with E-state index in [1.165, 1.54) is 0 Å². The number of hydrogen-bond acceptors (Lipinski definition) is 4. The van der Waals surface area contributed by atoms with Crippen LogP contribution in [0.2, 0.25) is 0 Å². The van der Waals surface area contributed by atoms with Crippen LogP contribution in [0.4, 0.5) is 0 Å². The third kappa shape index (κ3) is 2.93. The van der Waals surface area contributed by atoms with Gasteiger partial charge in [0.2, 0.25) is 12.6 Å². The van der Waals surface area contributed by atoms with Crippen molar-refractivity contribution in [3.63, 3.8) is 0 Å². The topological polar surface area (TPSA) is 36.9 Å². The lowest BCUT2D eigenvalue weighted by molar-refractivity contribution is -0.165. The lowest BCUT2D eigenvalue weighted by Gasteiger charge is -2.27. The van der Waals surface area contributed by atoms with Crippen molar-refractivity contribution in [1.82, 2.24) is 0 Å². The van der Waals surface area contributed by atoms with Gasteiger partial charge in [0.25, 0.3) is 0 Å². The third-order valence-electron chi connectivity index (χ3n) is 3.89. The van der Waals surface area contributed by atoms with Crippen molar-refractivity contribution < 1.29 is 18.9 Å². The van der Waals surface area contributed by atoms with Gasteiger partial charge in [-0.3, -0.25) is 0 Å². The van der Waals surface area contributed by atoms with E-state index in [1.54, 1.807) is 0 Å². The van der Waals surface area contributed by atoms with Crippen molar-refractivity contribution in [3.05, 3.63) is 48.5 Å². The molecule has 2 heterocycles. The Morgan fingerprint density at radius 1 is 0.636 bits per heavy atom. The molecule has 4 nitrogen and oxygen atoms in total. The minimum Gasteiger partial charge on any atom is -0.465 e. The van der Waals surface area contributed by atoms with Gasteiger partial charge in [-0.1, -0.05) is 24.3 Å². The highest BCUT2D eigenvalue weighted by Gasteiger charge is 2.20. The van der Waals surface area contributed by atoms with E-state index in [4.69, 9.17) is 18.9 Å². The van der Waals surface area contributed by atoms with Gasteiger partial charge in [-0.15, -0.1) is 0 Å². The van der Waals surface area contributed by atoms with Crippen molar-refractivity contribution in [1.29, 1.82) is 0 Å². The zero-order valence-electron chi connectivity index (χ0n) is 12.2. The highest BCUT2D eigenvalue weighted by atomic mass is 16.7. The van der Waals surface area contributed by atoms with E-state index >= 15 is 0 Å². The monoisotopic (exact) mass is 298 g/mol. The Morgan fingerprint density at radius 2 is 1.00 bits per heavy atom. The molecule has 2 aromatic rings. The summed E-state index contributed by atoms with van der Waals surface area (Å²) in [6.45, 7) is 1.59. The van der Waals surface area contributed by atoms with Gasteiger partial charge in [-0.25, -0.2) is 0 Å². The summed E-state index contributed by atoms with van der Waals surface area (Å²) in [5.74, 6) is 1.69. The quantitative estimate of drug-likeness (QED) is 0.845. The predicted octanol–water partition coefficient (Wildman–Crippen LogP) is 3.60. The van der Waals surface area contributed by atoms with Gasteiger partial charge in [-0.2, -0.15) is 0 Å². The van der Waals surface area contributed by atoms with Crippen LogP contribution in [0.15, 0.2) is 48.5 Å². The van der Waals surface area contributed by atoms with Crippen LogP contribution in [0.25, 0.3) is 11.1 Å². The molecular formula is C18H18O4. The molecular weight excluding hydrogens is 280 g/mol. The summed E-state index contributed by atoms with van der Waals surface area (Å²) in [4.78, 5) is 0. The van der Waals surface area contributed by atoms with Crippen LogP contribution in [-0.4, -0.2) is 25.8 Å². The van der Waals surface area contributed by atoms with Crippen LogP contribution in [-0.2, 0) is 9.47 Å². The normalized spacial score (nSPS) is 23.3. The summed E-state index contributed by atoms with van der Waals surface area (Å²) in [7, 11) is 0. The molecule has 2 aliphatic heterocycles. The molecule has 0 spiro atoms. The standard InChI is InChI=1S/C18H18O4/c1-5-15(21-17-9-11-19-17)6-2-13(1)14-3-7-16(8-4-14)22-18-10-12-20-18/h1-8,17-18H,9-12H2. The van der Waals surface area contributed by atoms with Crippen molar-refractivity contribution in [3.8, 4) is 22.6 Å². The van der Waals surface area contributed by atoms with E-state index in [0.717, 1.165) is 48.7 Å². The average Bonchev–Trinajstić information content (AvgIpc) is 2.48. The summed E-state index contributed by atoms with van der Waals surface area (Å²) < 4.78 is 21.9. The lowest BCUT2D eigenvalue weighted by Crippen LogP contribution is -2.32. The Morgan fingerprint density at radius 3 is 1.27 bits per heavy atom. The Hall–Kier alpha value is -2.04. The highest BCUT2D eigenvalue weighted by Crippen LogP contribution is 2.27. The molecule has 0 aliphatic carbocycles. The van der Waals surface area contributed by atoms with Crippen LogP contribution < -0.4 is 9.47 Å². The number of hydrogen-bond donors (Lipinski definition) is 0. The van der Waals surface area contributed by atoms with Crippen molar-refractivity contribution in [2.24, 2.45) is 0 Å². The van der Waals surface area contributed by atoms with Crippen LogP contribution in [0.5, 0.6) is 11.5 Å². The summed E-state index contributed by atoms with van der Waals surface area (Å²) >= 11 is 0. The molecule has 0 aromatic heterocycles. The van der Waals surface area contributed by atoms with Crippen molar-refractivity contribution in [2.75, 3.05) is 13.2 Å². The summed E-state index contributed by atoms with van der Waals surface area (Å²) in [6, 6.07) is 16.1. The molecule has 2 unspecified atom stereocenters. The van der Waals surface area contributed by atoms with Gasteiger partial charge in [0.05, 0.1) is 13.2 Å². The molecule has 2 fully saturated rings. The smallest absolute Gasteiger partial charge is 0.202 e. The van der Waals surface area contributed by atoms with E-state index in [0.29, 0.717) is 0 Å².